The highest BCUT2D eigenvalue weighted by Crippen LogP contribution is 2.40. The van der Waals surface area contributed by atoms with Crippen LogP contribution in [0.3, 0.4) is 0 Å². The molecule has 1 atom stereocenters. The smallest absolute Gasteiger partial charge is 0.235 e. The normalized spacial score (nSPS) is 20.6. The molecule has 1 aliphatic rings. The van der Waals surface area contributed by atoms with E-state index >= 15 is 0 Å². The first kappa shape index (κ1) is 8.41. The summed E-state index contributed by atoms with van der Waals surface area (Å²) in [6, 6.07) is -0.472. The van der Waals surface area contributed by atoms with Crippen molar-refractivity contribution in [3.8, 4) is 0 Å². The SMILES string of the molecule is CC(C)(F)C(N=C=O)C1CC1. The molecule has 1 aliphatic carbocycles. The highest BCUT2D eigenvalue weighted by atomic mass is 19.1. The molecule has 0 radical (unpaired) electrons. The van der Waals surface area contributed by atoms with Crippen molar-refractivity contribution >= 4 is 6.08 Å². The van der Waals surface area contributed by atoms with Gasteiger partial charge in [-0.3, -0.25) is 0 Å². The standard InChI is InChI=1S/C8H12FNO/c1-8(2,9)7(10-5-11)6-3-4-6/h6-7H,3-4H2,1-2H3. The molecule has 0 amide bonds. The Labute approximate surface area is 65.5 Å². The molecule has 0 heterocycles. The van der Waals surface area contributed by atoms with E-state index in [0.717, 1.165) is 12.8 Å². The summed E-state index contributed by atoms with van der Waals surface area (Å²) in [6.45, 7) is 2.91. The van der Waals surface area contributed by atoms with Crippen molar-refractivity contribution < 1.29 is 9.18 Å². The molecule has 1 fully saturated rings. The number of rotatable bonds is 3. The van der Waals surface area contributed by atoms with Crippen LogP contribution >= 0.6 is 0 Å². The summed E-state index contributed by atoms with van der Waals surface area (Å²) in [5.41, 5.74) is -1.38. The van der Waals surface area contributed by atoms with Gasteiger partial charge in [0.2, 0.25) is 6.08 Å². The van der Waals surface area contributed by atoms with Crippen molar-refractivity contribution in [2.75, 3.05) is 0 Å². The van der Waals surface area contributed by atoms with Crippen LogP contribution in [0.15, 0.2) is 4.99 Å². The Morgan fingerprint density at radius 1 is 1.64 bits per heavy atom. The Morgan fingerprint density at radius 2 is 2.18 bits per heavy atom. The summed E-state index contributed by atoms with van der Waals surface area (Å²) >= 11 is 0. The summed E-state index contributed by atoms with van der Waals surface area (Å²) in [6.07, 6.45) is 3.41. The van der Waals surface area contributed by atoms with Gasteiger partial charge in [-0.25, -0.2) is 9.18 Å². The second-order valence-electron chi connectivity index (χ2n) is 3.57. The van der Waals surface area contributed by atoms with Gasteiger partial charge in [-0.15, -0.1) is 0 Å². The summed E-state index contributed by atoms with van der Waals surface area (Å²) in [7, 11) is 0. The lowest BCUT2D eigenvalue weighted by atomic mass is 9.97. The van der Waals surface area contributed by atoms with Gasteiger partial charge in [0.25, 0.3) is 0 Å². The maximum Gasteiger partial charge on any atom is 0.235 e. The topological polar surface area (TPSA) is 29.4 Å². The first-order chi connectivity index (χ1) is 5.05. The number of alkyl halides is 1. The molecule has 0 saturated heterocycles. The number of hydrogen-bond acceptors (Lipinski definition) is 2. The van der Waals surface area contributed by atoms with Crippen molar-refractivity contribution in [3.05, 3.63) is 0 Å². The van der Waals surface area contributed by atoms with Gasteiger partial charge in [0.1, 0.15) is 5.67 Å². The zero-order valence-corrected chi connectivity index (χ0v) is 6.80. The fourth-order valence-electron chi connectivity index (χ4n) is 1.29. The van der Waals surface area contributed by atoms with Gasteiger partial charge < -0.3 is 0 Å². The molecule has 0 aromatic carbocycles. The molecule has 3 heteroatoms. The summed E-state index contributed by atoms with van der Waals surface area (Å²) in [4.78, 5) is 13.4. The highest BCUT2D eigenvalue weighted by molar-refractivity contribution is 5.34. The maximum absolute atomic E-state index is 13.3. The van der Waals surface area contributed by atoms with Crippen molar-refractivity contribution in [2.45, 2.75) is 38.4 Å². The number of nitrogens with zero attached hydrogens (tertiary/aromatic N) is 1. The summed E-state index contributed by atoms with van der Waals surface area (Å²) in [5, 5.41) is 0. The first-order valence-electron chi connectivity index (χ1n) is 3.81. The lowest BCUT2D eigenvalue weighted by Crippen LogP contribution is -2.31. The highest BCUT2D eigenvalue weighted by Gasteiger charge is 2.41. The fraction of sp³-hybridized carbons (Fsp3) is 0.875. The van der Waals surface area contributed by atoms with Crippen LogP contribution in [0, 0.1) is 5.92 Å². The average Bonchev–Trinajstić information content (AvgIpc) is 2.61. The Morgan fingerprint density at radius 3 is 2.45 bits per heavy atom. The van der Waals surface area contributed by atoms with Gasteiger partial charge in [0.05, 0.1) is 6.04 Å². The Bertz CT molecular complexity index is 187. The number of carbonyl (C=O) groups excluding carboxylic acids is 1. The van der Waals surface area contributed by atoms with Gasteiger partial charge in [-0.05, 0) is 32.6 Å². The molecule has 0 bridgehead atoms. The van der Waals surface area contributed by atoms with Crippen molar-refractivity contribution in [2.24, 2.45) is 10.9 Å². The molecule has 0 N–H and O–H groups in total. The quantitative estimate of drug-likeness (QED) is 0.454. The van der Waals surface area contributed by atoms with E-state index in [1.807, 2.05) is 0 Å². The third-order valence-electron chi connectivity index (χ3n) is 1.96. The van der Waals surface area contributed by atoms with E-state index < -0.39 is 11.7 Å². The molecule has 1 rings (SSSR count). The molecule has 62 valence electrons. The van der Waals surface area contributed by atoms with Gasteiger partial charge in [0.15, 0.2) is 0 Å². The summed E-state index contributed by atoms with van der Waals surface area (Å²) in [5.74, 6) is 0.274. The van der Waals surface area contributed by atoms with Crippen molar-refractivity contribution in [3.63, 3.8) is 0 Å². The monoisotopic (exact) mass is 157 g/mol. The Hall–Kier alpha value is -0.690. The molecule has 11 heavy (non-hydrogen) atoms. The maximum atomic E-state index is 13.3. The van der Waals surface area contributed by atoms with E-state index in [9.17, 15) is 9.18 Å². The molecule has 2 nitrogen and oxygen atoms in total. The van der Waals surface area contributed by atoms with Crippen molar-refractivity contribution in [1.29, 1.82) is 0 Å². The lowest BCUT2D eigenvalue weighted by molar-refractivity contribution is 0.161. The fourth-order valence-corrected chi connectivity index (χ4v) is 1.29. The van der Waals surface area contributed by atoms with Gasteiger partial charge >= 0.3 is 0 Å². The van der Waals surface area contributed by atoms with E-state index in [-0.39, 0.29) is 5.92 Å². The minimum absolute atomic E-state index is 0.274. The second-order valence-corrected chi connectivity index (χ2v) is 3.57. The molecule has 0 aromatic rings. The predicted octanol–water partition coefficient (Wildman–Crippen LogP) is 1.85. The predicted molar refractivity (Wildman–Crippen MR) is 39.8 cm³/mol. The Balaban J connectivity index is 2.65. The van der Waals surface area contributed by atoms with Gasteiger partial charge in [-0.2, -0.15) is 4.99 Å². The molecule has 1 saturated carbocycles. The zero-order valence-electron chi connectivity index (χ0n) is 6.80. The van der Waals surface area contributed by atoms with Gasteiger partial charge in [-0.1, -0.05) is 0 Å². The van der Waals surface area contributed by atoms with Crippen LogP contribution in [0.1, 0.15) is 26.7 Å². The number of isocyanates is 1. The van der Waals surface area contributed by atoms with E-state index in [1.165, 1.54) is 19.9 Å². The first-order valence-corrected chi connectivity index (χ1v) is 3.81. The molecule has 1 unspecified atom stereocenters. The molecule has 0 aliphatic heterocycles. The lowest BCUT2D eigenvalue weighted by Gasteiger charge is -2.21. The average molecular weight is 157 g/mol. The second kappa shape index (κ2) is 2.74. The third kappa shape index (κ3) is 2.12. The van der Waals surface area contributed by atoms with Crippen LogP contribution in [0.2, 0.25) is 0 Å². The third-order valence-corrected chi connectivity index (χ3v) is 1.96. The van der Waals surface area contributed by atoms with Gasteiger partial charge in [0, 0.05) is 0 Å². The van der Waals surface area contributed by atoms with E-state index in [1.54, 1.807) is 0 Å². The van der Waals surface area contributed by atoms with Crippen LogP contribution in [0.25, 0.3) is 0 Å². The molecular formula is C8H12FNO. The number of halogens is 1. The Kier molecular flexibility index (Phi) is 2.10. The molecule has 0 aromatic heterocycles. The largest absolute Gasteiger partial charge is 0.242 e. The van der Waals surface area contributed by atoms with Crippen LogP contribution in [0.5, 0.6) is 0 Å². The molecular weight excluding hydrogens is 145 g/mol. The van der Waals surface area contributed by atoms with E-state index in [4.69, 9.17) is 0 Å². The van der Waals surface area contributed by atoms with E-state index in [0.29, 0.717) is 0 Å². The number of aliphatic imine (C=N–C) groups is 1. The minimum atomic E-state index is -1.38. The van der Waals surface area contributed by atoms with Crippen LogP contribution in [-0.4, -0.2) is 17.8 Å². The minimum Gasteiger partial charge on any atom is -0.242 e. The van der Waals surface area contributed by atoms with Crippen LogP contribution in [0.4, 0.5) is 4.39 Å². The van der Waals surface area contributed by atoms with E-state index in [2.05, 4.69) is 4.99 Å². The zero-order chi connectivity index (χ0) is 8.48. The summed E-state index contributed by atoms with van der Waals surface area (Å²) < 4.78 is 13.3. The van der Waals surface area contributed by atoms with Crippen molar-refractivity contribution in [1.82, 2.24) is 0 Å². The number of hydrogen-bond donors (Lipinski definition) is 0. The van der Waals surface area contributed by atoms with Crippen LogP contribution in [-0.2, 0) is 4.79 Å². The molecule has 0 spiro atoms. The van der Waals surface area contributed by atoms with Crippen LogP contribution < -0.4 is 0 Å².